The average Bonchev–Trinajstić information content (AvgIpc) is 3.03. The lowest BCUT2D eigenvalue weighted by molar-refractivity contribution is -0.111. The van der Waals surface area contributed by atoms with Crippen LogP contribution >= 0.6 is 22.9 Å². The molecule has 3 rings (SSSR count). The molecule has 3 nitrogen and oxygen atoms in total. The molecule has 0 saturated carbocycles. The van der Waals surface area contributed by atoms with Gasteiger partial charge in [-0.3, -0.25) is 10.1 Å². The van der Waals surface area contributed by atoms with Crippen molar-refractivity contribution in [1.82, 2.24) is 4.98 Å². The normalized spacial score (nSPS) is 10.9. The van der Waals surface area contributed by atoms with Crippen LogP contribution in [0.25, 0.3) is 6.08 Å². The van der Waals surface area contributed by atoms with Crippen molar-refractivity contribution in [3.63, 3.8) is 0 Å². The fourth-order valence-corrected chi connectivity index (χ4v) is 3.20. The lowest BCUT2D eigenvalue weighted by Gasteiger charge is -2.00. The lowest BCUT2D eigenvalue weighted by Crippen LogP contribution is -2.06. The number of anilines is 1. The fraction of sp³-hybridized carbons (Fsp3) is 0.0526. The average molecular weight is 355 g/mol. The Morgan fingerprint density at radius 2 is 1.88 bits per heavy atom. The van der Waals surface area contributed by atoms with Crippen LogP contribution in [0.3, 0.4) is 0 Å². The first-order valence-electron chi connectivity index (χ1n) is 7.43. The molecule has 0 aliphatic rings. The second kappa shape index (κ2) is 7.90. The van der Waals surface area contributed by atoms with Gasteiger partial charge in [0.25, 0.3) is 0 Å². The minimum absolute atomic E-state index is 0.197. The minimum Gasteiger partial charge on any atom is -0.298 e. The maximum atomic E-state index is 12.0. The van der Waals surface area contributed by atoms with Crippen molar-refractivity contribution in [1.29, 1.82) is 0 Å². The quantitative estimate of drug-likeness (QED) is 0.652. The van der Waals surface area contributed by atoms with Crippen molar-refractivity contribution in [3.05, 3.63) is 87.9 Å². The summed E-state index contributed by atoms with van der Waals surface area (Å²) in [7, 11) is 0. The van der Waals surface area contributed by atoms with E-state index in [4.69, 9.17) is 11.6 Å². The highest BCUT2D eigenvalue weighted by atomic mass is 35.5. The summed E-state index contributed by atoms with van der Waals surface area (Å²) in [5.74, 6) is -0.197. The van der Waals surface area contributed by atoms with E-state index in [1.807, 2.05) is 54.6 Å². The van der Waals surface area contributed by atoms with E-state index in [1.54, 1.807) is 12.3 Å². The number of benzene rings is 2. The number of nitrogens with one attached hydrogen (secondary N) is 1. The lowest BCUT2D eigenvalue weighted by atomic mass is 10.1. The summed E-state index contributed by atoms with van der Waals surface area (Å²) in [5, 5.41) is 4.10. The number of rotatable bonds is 5. The van der Waals surface area contributed by atoms with Crippen molar-refractivity contribution in [2.75, 3.05) is 5.32 Å². The standard InChI is InChI=1S/C19H15ClN2OS/c20-17-9-5-4-8-15(17)12-16-13-21-19(24-16)22-18(23)11-10-14-6-2-1-3-7-14/h1-11,13H,12H2,(H,21,22,23)/b11-10-. The molecule has 0 spiro atoms. The van der Waals surface area contributed by atoms with E-state index in [9.17, 15) is 4.79 Å². The summed E-state index contributed by atoms with van der Waals surface area (Å²) >= 11 is 7.62. The number of amides is 1. The van der Waals surface area contributed by atoms with Crippen LogP contribution in [-0.2, 0) is 11.2 Å². The summed E-state index contributed by atoms with van der Waals surface area (Å²) in [6, 6.07) is 17.4. The van der Waals surface area contributed by atoms with Crippen LogP contribution in [0.15, 0.2) is 66.9 Å². The van der Waals surface area contributed by atoms with Gasteiger partial charge in [-0.1, -0.05) is 60.1 Å². The van der Waals surface area contributed by atoms with Crippen molar-refractivity contribution >= 4 is 40.1 Å². The first-order valence-corrected chi connectivity index (χ1v) is 8.62. The number of aromatic nitrogens is 1. The molecule has 0 aliphatic heterocycles. The highest BCUT2D eigenvalue weighted by Crippen LogP contribution is 2.24. The van der Waals surface area contributed by atoms with Gasteiger partial charge in [0.1, 0.15) is 0 Å². The minimum atomic E-state index is -0.197. The smallest absolute Gasteiger partial charge is 0.250 e. The van der Waals surface area contributed by atoms with Gasteiger partial charge in [0, 0.05) is 28.6 Å². The summed E-state index contributed by atoms with van der Waals surface area (Å²) in [6.07, 6.45) is 5.75. The molecule has 1 amide bonds. The molecule has 24 heavy (non-hydrogen) atoms. The van der Waals surface area contributed by atoms with Gasteiger partial charge in [-0.15, -0.1) is 11.3 Å². The molecule has 1 heterocycles. The number of hydrogen-bond donors (Lipinski definition) is 1. The van der Waals surface area contributed by atoms with Crippen molar-refractivity contribution in [3.8, 4) is 0 Å². The van der Waals surface area contributed by atoms with E-state index in [0.717, 1.165) is 21.0 Å². The van der Waals surface area contributed by atoms with Crippen LogP contribution < -0.4 is 5.32 Å². The van der Waals surface area contributed by atoms with Gasteiger partial charge in [-0.05, 0) is 23.3 Å². The third kappa shape index (κ3) is 4.54. The summed E-state index contributed by atoms with van der Waals surface area (Å²) < 4.78 is 0. The molecular formula is C19H15ClN2OS. The summed E-state index contributed by atoms with van der Waals surface area (Å²) in [4.78, 5) is 17.2. The Labute approximate surface area is 149 Å². The van der Waals surface area contributed by atoms with E-state index in [-0.39, 0.29) is 5.91 Å². The van der Waals surface area contributed by atoms with Gasteiger partial charge in [0.05, 0.1) is 0 Å². The molecule has 0 fully saturated rings. The first-order chi connectivity index (χ1) is 11.7. The van der Waals surface area contributed by atoms with Gasteiger partial charge in [0.15, 0.2) is 5.13 Å². The van der Waals surface area contributed by atoms with Gasteiger partial charge in [-0.2, -0.15) is 0 Å². The molecule has 0 saturated heterocycles. The first kappa shape index (κ1) is 16.4. The molecule has 2 aromatic carbocycles. The topological polar surface area (TPSA) is 42.0 Å². The molecule has 0 aliphatic carbocycles. The third-order valence-electron chi connectivity index (χ3n) is 3.33. The van der Waals surface area contributed by atoms with Crippen molar-refractivity contribution in [2.45, 2.75) is 6.42 Å². The number of carbonyl (C=O) groups is 1. The molecule has 0 unspecified atom stereocenters. The predicted octanol–water partition coefficient (Wildman–Crippen LogP) is 5.04. The molecule has 120 valence electrons. The summed E-state index contributed by atoms with van der Waals surface area (Å²) in [6.45, 7) is 0. The largest absolute Gasteiger partial charge is 0.298 e. The number of thiazole rings is 1. The van der Waals surface area contributed by atoms with E-state index < -0.39 is 0 Å². The predicted molar refractivity (Wildman–Crippen MR) is 100 cm³/mol. The fourth-order valence-electron chi connectivity index (χ4n) is 2.16. The zero-order valence-corrected chi connectivity index (χ0v) is 14.3. The third-order valence-corrected chi connectivity index (χ3v) is 4.61. The van der Waals surface area contributed by atoms with Gasteiger partial charge < -0.3 is 0 Å². The number of hydrogen-bond acceptors (Lipinski definition) is 3. The van der Waals surface area contributed by atoms with Crippen LogP contribution in [0.5, 0.6) is 0 Å². The van der Waals surface area contributed by atoms with Gasteiger partial charge in [0.2, 0.25) is 5.91 Å². The second-order valence-electron chi connectivity index (χ2n) is 5.13. The van der Waals surface area contributed by atoms with E-state index >= 15 is 0 Å². The Hall–Kier alpha value is -2.43. The number of carbonyl (C=O) groups excluding carboxylic acids is 1. The van der Waals surface area contributed by atoms with E-state index in [1.165, 1.54) is 17.4 Å². The van der Waals surface area contributed by atoms with Crippen molar-refractivity contribution < 1.29 is 4.79 Å². The Morgan fingerprint density at radius 1 is 1.12 bits per heavy atom. The van der Waals surface area contributed by atoms with Crippen LogP contribution in [0, 0.1) is 0 Å². The van der Waals surface area contributed by atoms with E-state index in [0.29, 0.717) is 11.6 Å². The Bertz CT molecular complexity index is 859. The monoisotopic (exact) mass is 354 g/mol. The SMILES string of the molecule is O=C(/C=C\c1ccccc1)Nc1ncc(Cc2ccccc2Cl)s1. The van der Waals surface area contributed by atoms with E-state index in [2.05, 4.69) is 10.3 Å². The molecular weight excluding hydrogens is 340 g/mol. The van der Waals surface area contributed by atoms with Crippen LogP contribution in [0.1, 0.15) is 16.0 Å². The summed E-state index contributed by atoms with van der Waals surface area (Å²) in [5.41, 5.74) is 2.02. The zero-order valence-electron chi connectivity index (χ0n) is 12.8. The highest BCUT2D eigenvalue weighted by molar-refractivity contribution is 7.15. The molecule has 0 radical (unpaired) electrons. The van der Waals surface area contributed by atoms with Gasteiger partial charge in [-0.25, -0.2) is 4.98 Å². The Morgan fingerprint density at radius 3 is 2.67 bits per heavy atom. The maximum absolute atomic E-state index is 12.0. The van der Waals surface area contributed by atoms with Crippen LogP contribution in [-0.4, -0.2) is 10.9 Å². The number of nitrogens with zero attached hydrogens (tertiary/aromatic N) is 1. The molecule has 0 atom stereocenters. The molecule has 3 aromatic rings. The Balaban J connectivity index is 1.61. The van der Waals surface area contributed by atoms with Crippen LogP contribution in [0.4, 0.5) is 5.13 Å². The number of halogens is 1. The Kier molecular flexibility index (Phi) is 5.41. The molecule has 0 bridgehead atoms. The molecule has 5 heteroatoms. The van der Waals surface area contributed by atoms with Crippen LogP contribution in [0.2, 0.25) is 5.02 Å². The molecule has 1 aromatic heterocycles. The zero-order chi connectivity index (χ0) is 16.8. The van der Waals surface area contributed by atoms with Gasteiger partial charge >= 0.3 is 0 Å². The maximum Gasteiger partial charge on any atom is 0.250 e. The highest BCUT2D eigenvalue weighted by Gasteiger charge is 2.07. The molecule has 1 N–H and O–H groups in total. The second-order valence-corrected chi connectivity index (χ2v) is 6.66. The van der Waals surface area contributed by atoms with Crippen molar-refractivity contribution in [2.24, 2.45) is 0 Å².